The van der Waals surface area contributed by atoms with Crippen LogP contribution in [0.25, 0.3) is 5.69 Å². The Bertz CT molecular complexity index is 546. The molecular formula is C12H11ClN2O. The van der Waals surface area contributed by atoms with Gasteiger partial charge in [-0.25, -0.2) is 4.98 Å². The number of aromatic nitrogens is 2. The molecule has 82 valence electrons. The van der Waals surface area contributed by atoms with Crippen molar-refractivity contribution >= 4 is 17.9 Å². The van der Waals surface area contributed by atoms with Crippen LogP contribution in [0.4, 0.5) is 0 Å². The van der Waals surface area contributed by atoms with Gasteiger partial charge in [-0.15, -0.1) is 0 Å². The Kier molecular flexibility index (Phi) is 2.79. The van der Waals surface area contributed by atoms with Crippen LogP contribution in [0.1, 0.15) is 21.9 Å². The lowest BCUT2D eigenvalue weighted by Gasteiger charge is -2.09. The highest BCUT2D eigenvalue weighted by Gasteiger charge is 2.11. The zero-order chi connectivity index (χ0) is 11.7. The summed E-state index contributed by atoms with van der Waals surface area (Å²) in [6, 6.07) is 5.26. The van der Waals surface area contributed by atoms with Crippen LogP contribution in [-0.2, 0) is 0 Å². The molecule has 0 aliphatic rings. The normalized spacial score (nSPS) is 10.4. The quantitative estimate of drug-likeness (QED) is 0.749. The Morgan fingerprint density at radius 2 is 2.12 bits per heavy atom. The van der Waals surface area contributed by atoms with Gasteiger partial charge in [-0.05, 0) is 26.0 Å². The second-order valence-corrected chi connectivity index (χ2v) is 4.00. The average Bonchev–Trinajstić information content (AvgIpc) is 2.57. The number of rotatable bonds is 2. The van der Waals surface area contributed by atoms with Gasteiger partial charge < -0.3 is 4.57 Å². The third kappa shape index (κ3) is 1.74. The number of nitrogens with zero attached hydrogens (tertiary/aromatic N) is 2. The highest BCUT2D eigenvalue weighted by atomic mass is 35.5. The molecule has 0 aliphatic carbocycles. The molecule has 0 N–H and O–H groups in total. The molecule has 0 bridgehead atoms. The van der Waals surface area contributed by atoms with Crippen LogP contribution in [0.5, 0.6) is 0 Å². The number of hydrogen-bond donors (Lipinski definition) is 0. The summed E-state index contributed by atoms with van der Waals surface area (Å²) in [7, 11) is 0. The summed E-state index contributed by atoms with van der Waals surface area (Å²) >= 11 is 6.12. The molecule has 0 saturated heterocycles. The molecule has 0 aliphatic heterocycles. The van der Waals surface area contributed by atoms with E-state index in [0.29, 0.717) is 16.3 Å². The first-order valence-corrected chi connectivity index (χ1v) is 5.28. The Morgan fingerprint density at radius 3 is 2.69 bits per heavy atom. The second kappa shape index (κ2) is 4.10. The Hall–Kier alpha value is -1.61. The molecule has 0 spiro atoms. The fourth-order valence-corrected chi connectivity index (χ4v) is 2.00. The first-order valence-electron chi connectivity index (χ1n) is 4.90. The highest BCUT2D eigenvalue weighted by Crippen LogP contribution is 2.24. The van der Waals surface area contributed by atoms with Gasteiger partial charge >= 0.3 is 0 Å². The molecule has 1 heterocycles. The molecule has 2 aromatic rings. The fourth-order valence-electron chi connectivity index (χ4n) is 1.73. The van der Waals surface area contributed by atoms with Crippen LogP contribution < -0.4 is 0 Å². The van der Waals surface area contributed by atoms with Gasteiger partial charge in [0.1, 0.15) is 5.82 Å². The van der Waals surface area contributed by atoms with Crippen LogP contribution in [0.2, 0.25) is 5.02 Å². The Balaban J connectivity index is 2.72. The van der Waals surface area contributed by atoms with E-state index in [9.17, 15) is 4.79 Å². The van der Waals surface area contributed by atoms with Gasteiger partial charge in [-0.3, -0.25) is 4.79 Å². The summed E-state index contributed by atoms with van der Waals surface area (Å²) in [4.78, 5) is 15.3. The first-order chi connectivity index (χ1) is 7.63. The molecule has 0 fully saturated rings. The van der Waals surface area contributed by atoms with Crippen molar-refractivity contribution in [3.63, 3.8) is 0 Å². The molecule has 1 aromatic heterocycles. The first kappa shape index (κ1) is 10.9. The van der Waals surface area contributed by atoms with Crippen molar-refractivity contribution in [2.24, 2.45) is 0 Å². The van der Waals surface area contributed by atoms with Crippen molar-refractivity contribution < 1.29 is 4.79 Å². The summed E-state index contributed by atoms with van der Waals surface area (Å²) in [5, 5.41) is 0.546. The maximum absolute atomic E-state index is 11.0. The summed E-state index contributed by atoms with van der Waals surface area (Å²) in [5.74, 6) is 0.814. The van der Waals surface area contributed by atoms with Gasteiger partial charge in [0.15, 0.2) is 6.29 Å². The molecule has 0 unspecified atom stereocenters. The van der Waals surface area contributed by atoms with Gasteiger partial charge in [0.2, 0.25) is 0 Å². The van der Waals surface area contributed by atoms with Crippen molar-refractivity contribution in [2.75, 3.05) is 0 Å². The number of carbonyl (C=O) groups is 1. The highest BCUT2D eigenvalue weighted by molar-refractivity contribution is 6.32. The number of halogens is 1. The molecular weight excluding hydrogens is 224 g/mol. The monoisotopic (exact) mass is 234 g/mol. The number of aryl methyl sites for hydroxylation is 2. The summed E-state index contributed by atoms with van der Waals surface area (Å²) in [6.45, 7) is 3.78. The molecule has 0 saturated carbocycles. The minimum Gasteiger partial charge on any atom is -0.301 e. The van der Waals surface area contributed by atoms with Crippen LogP contribution in [0.15, 0.2) is 24.4 Å². The van der Waals surface area contributed by atoms with Crippen molar-refractivity contribution in [2.45, 2.75) is 13.8 Å². The fraction of sp³-hybridized carbons (Fsp3) is 0.167. The number of para-hydroxylation sites is 1. The summed E-state index contributed by atoms with van der Waals surface area (Å²) in [5.41, 5.74) is 2.15. The van der Waals surface area contributed by atoms with Crippen LogP contribution in [-0.4, -0.2) is 15.8 Å². The van der Waals surface area contributed by atoms with E-state index < -0.39 is 0 Å². The number of benzene rings is 1. The summed E-state index contributed by atoms with van der Waals surface area (Å²) in [6.07, 6.45) is 2.67. The lowest BCUT2D eigenvalue weighted by molar-refractivity contribution is 0.112. The smallest absolute Gasteiger partial charge is 0.152 e. The average molecular weight is 235 g/mol. The minimum atomic E-state index is 0.546. The maximum Gasteiger partial charge on any atom is 0.152 e. The SMILES string of the molecule is Cc1cn(-c2c(Cl)cccc2C=O)c(C)n1. The molecule has 4 heteroatoms. The van der Waals surface area contributed by atoms with Crippen molar-refractivity contribution in [1.82, 2.24) is 9.55 Å². The van der Waals surface area contributed by atoms with E-state index in [1.165, 1.54) is 0 Å². The van der Waals surface area contributed by atoms with Gasteiger partial charge in [0.25, 0.3) is 0 Å². The van der Waals surface area contributed by atoms with E-state index in [1.54, 1.807) is 18.2 Å². The molecule has 0 radical (unpaired) electrons. The Labute approximate surface area is 98.7 Å². The molecule has 16 heavy (non-hydrogen) atoms. The predicted octanol–water partition coefficient (Wildman–Crippen LogP) is 2.96. The molecule has 0 amide bonds. The zero-order valence-electron chi connectivity index (χ0n) is 9.07. The third-order valence-electron chi connectivity index (χ3n) is 2.39. The van der Waals surface area contributed by atoms with Crippen LogP contribution in [0.3, 0.4) is 0 Å². The second-order valence-electron chi connectivity index (χ2n) is 3.60. The Morgan fingerprint density at radius 1 is 1.38 bits per heavy atom. The van der Waals surface area contributed by atoms with Gasteiger partial charge in [-0.1, -0.05) is 17.7 Å². The van der Waals surface area contributed by atoms with E-state index in [2.05, 4.69) is 4.98 Å². The molecule has 3 nitrogen and oxygen atoms in total. The van der Waals surface area contributed by atoms with Crippen molar-refractivity contribution in [1.29, 1.82) is 0 Å². The van der Waals surface area contributed by atoms with Crippen molar-refractivity contribution in [3.8, 4) is 5.69 Å². The maximum atomic E-state index is 11.0. The van der Waals surface area contributed by atoms with Gasteiger partial charge in [-0.2, -0.15) is 0 Å². The number of imidazole rings is 1. The van der Waals surface area contributed by atoms with Gasteiger partial charge in [0, 0.05) is 11.8 Å². The minimum absolute atomic E-state index is 0.546. The van der Waals surface area contributed by atoms with E-state index >= 15 is 0 Å². The number of aldehydes is 1. The third-order valence-corrected chi connectivity index (χ3v) is 2.69. The zero-order valence-corrected chi connectivity index (χ0v) is 9.82. The van der Waals surface area contributed by atoms with Gasteiger partial charge in [0.05, 0.1) is 16.4 Å². The standard InChI is InChI=1S/C12H11ClN2O/c1-8-6-15(9(2)14-8)12-10(7-16)4-3-5-11(12)13/h3-7H,1-2H3. The topological polar surface area (TPSA) is 34.9 Å². The molecule has 0 atom stereocenters. The van der Waals surface area contributed by atoms with E-state index in [4.69, 9.17) is 11.6 Å². The van der Waals surface area contributed by atoms with E-state index in [-0.39, 0.29) is 0 Å². The lowest BCUT2D eigenvalue weighted by Crippen LogP contribution is -2.01. The van der Waals surface area contributed by atoms with E-state index in [0.717, 1.165) is 17.8 Å². The molecule has 2 rings (SSSR count). The van der Waals surface area contributed by atoms with Crippen molar-refractivity contribution in [3.05, 3.63) is 46.5 Å². The summed E-state index contributed by atoms with van der Waals surface area (Å²) < 4.78 is 1.83. The number of hydrogen-bond acceptors (Lipinski definition) is 2. The largest absolute Gasteiger partial charge is 0.301 e. The van der Waals surface area contributed by atoms with E-state index in [1.807, 2.05) is 24.6 Å². The van der Waals surface area contributed by atoms with Crippen LogP contribution >= 0.6 is 11.6 Å². The lowest BCUT2D eigenvalue weighted by atomic mass is 10.2. The predicted molar refractivity (Wildman–Crippen MR) is 63.4 cm³/mol. The van der Waals surface area contributed by atoms with Crippen LogP contribution in [0, 0.1) is 13.8 Å². The molecule has 1 aromatic carbocycles. The number of carbonyl (C=O) groups excluding carboxylic acids is 1.